The van der Waals surface area contributed by atoms with Gasteiger partial charge < -0.3 is 8.85 Å². The first kappa shape index (κ1) is 7.88. The Bertz CT molecular complexity index is 129. The van der Waals surface area contributed by atoms with Crippen LogP contribution >= 0.6 is 0 Å². The Labute approximate surface area is 67.7 Å². The molecule has 6 radical (unpaired) electrons. The average molecular weight is 168 g/mol. The van der Waals surface area contributed by atoms with Gasteiger partial charge in [-0.05, 0) is 12.8 Å². The quantitative estimate of drug-likeness (QED) is 0.572. The molecule has 10 heavy (non-hydrogen) atoms. The molecule has 0 spiro atoms. The smallest absolute Gasteiger partial charge is 0.340 e. The van der Waals surface area contributed by atoms with Gasteiger partial charge in [-0.3, -0.25) is 0 Å². The number of allylic oxidation sites excluding steroid dienone is 2. The molecule has 0 amide bonds. The molecule has 0 fully saturated rings. The van der Waals surface area contributed by atoms with Crippen molar-refractivity contribution in [2.45, 2.75) is 25.7 Å². The summed E-state index contributed by atoms with van der Waals surface area (Å²) < 4.78 is 9.85. The maximum absolute atomic E-state index is 4.92. The van der Waals surface area contributed by atoms with Crippen molar-refractivity contribution in [2.75, 3.05) is 0 Å². The molecule has 0 bridgehead atoms. The number of hydrogen-bond donors (Lipinski definition) is 0. The van der Waals surface area contributed by atoms with E-state index in [2.05, 4.69) is 21.0 Å². The van der Waals surface area contributed by atoms with E-state index in [1.807, 2.05) is 0 Å². The van der Waals surface area contributed by atoms with Gasteiger partial charge in [0, 0.05) is 12.8 Å². The van der Waals surface area contributed by atoms with Crippen LogP contribution in [-0.2, 0) is 8.85 Å². The predicted molar refractivity (Wildman–Crippen MR) is 39.2 cm³/mol. The van der Waals surface area contributed by atoms with Crippen LogP contribution in [0.4, 0.5) is 0 Å². The van der Waals surface area contributed by atoms with Crippen molar-refractivity contribution in [1.29, 1.82) is 0 Å². The predicted octanol–water partition coefficient (Wildman–Crippen LogP) is 0.972. The van der Waals surface area contributed by atoms with E-state index in [4.69, 9.17) is 8.85 Å². The zero-order valence-corrected chi connectivity index (χ0v) is 7.64. The average Bonchev–Trinajstić information content (AvgIpc) is 2.04. The molecule has 0 N–H and O–H groups in total. The second kappa shape index (κ2) is 3.82. The maximum Gasteiger partial charge on any atom is 0.340 e. The molecule has 0 aromatic rings. The zero-order chi connectivity index (χ0) is 7.40. The second-order valence-corrected chi connectivity index (χ2v) is 2.67. The van der Waals surface area contributed by atoms with Crippen LogP contribution in [0.5, 0.6) is 0 Å². The molecular weight excluding hydrogens is 160 g/mol. The van der Waals surface area contributed by atoms with Crippen molar-refractivity contribution in [3.05, 3.63) is 11.5 Å². The molecule has 1 rings (SSSR count). The van der Waals surface area contributed by atoms with Crippen LogP contribution < -0.4 is 0 Å². The fourth-order valence-electron chi connectivity index (χ4n) is 1.07. The van der Waals surface area contributed by atoms with Crippen LogP contribution in [0, 0.1) is 0 Å². The van der Waals surface area contributed by atoms with Crippen LogP contribution in [-0.4, -0.2) is 21.0 Å². The van der Waals surface area contributed by atoms with E-state index in [9.17, 15) is 0 Å². The van der Waals surface area contributed by atoms with Crippen molar-refractivity contribution < 1.29 is 8.85 Å². The summed E-state index contributed by atoms with van der Waals surface area (Å²) in [5.41, 5.74) is 0. The Balaban J connectivity index is 2.63. The third-order valence-electron chi connectivity index (χ3n) is 1.62. The molecule has 52 valence electrons. The first-order valence-electron chi connectivity index (χ1n) is 3.27. The van der Waals surface area contributed by atoms with Gasteiger partial charge in [0.15, 0.2) is 0 Å². The van der Waals surface area contributed by atoms with Crippen LogP contribution in [0.25, 0.3) is 0 Å². The lowest BCUT2D eigenvalue weighted by Crippen LogP contribution is -2.03. The first-order valence-corrected chi connectivity index (χ1v) is 4.09. The molecule has 0 saturated heterocycles. The molecule has 0 saturated carbocycles. The SMILES string of the molecule is [Si]OC1=C(O[Si])CCCC1. The molecule has 2 nitrogen and oxygen atoms in total. The molecular formula is C6H8O2Si2. The standard InChI is InChI=1S/C6H8O2Si2/c9-7-5-3-1-2-4-6(5)8-10/h1-4H2. The highest BCUT2D eigenvalue weighted by Crippen LogP contribution is 2.24. The Morgan fingerprint density at radius 3 is 1.60 bits per heavy atom. The van der Waals surface area contributed by atoms with E-state index >= 15 is 0 Å². The van der Waals surface area contributed by atoms with Gasteiger partial charge in [-0.1, -0.05) is 0 Å². The van der Waals surface area contributed by atoms with E-state index in [-0.39, 0.29) is 0 Å². The van der Waals surface area contributed by atoms with Crippen molar-refractivity contribution >= 4 is 21.0 Å². The van der Waals surface area contributed by atoms with E-state index in [1.54, 1.807) is 0 Å². The molecule has 0 heterocycles. The minimum Gasteiger partial charge on any atom is -0.541 e. The van der Waals surface area contributed by atoms with Crippen LogP contribution in [0.2, 0.25) is 0 Å². The third-order valence-corrected chi connectivity index (χ3v) is 2.11. The zero-order valence-electron chi connectivity index (χ0n) is 5.64. The highest BCUT2D eigenvalue weighted by atomic mass is 28.2. The highest BCUT2D eigenvalue weighted by Gasteiger charge is 2.12. The minimum atomic E-state index is 0.901. The van der Waals surface area contributed by atoms with Gasteiger partial charge in [-0.25, -0.2) is 0 Å². The van der Waals surface area contributed by atoms with Crippen molar-refractivity contribution in [2.24, 2.45) is 0 Å². The Hall–Kier alpha value is -0.226. The van der Waals surface area contributed by atoms with Crippen molar-refractivity contribution in [3.63, 3.8) is 0 Å². The minimum absolute atomic E-state index is 0.901. The van der Waals surface area contributed by atoms with Gasteiger partial charge >= 0.3 is 21.0 Å². The molecule has 1 aliphatic carbocycles. The Morgan fingerprint density at radius 2 is 1.30 bits per heavy atom. The topological polar surface area (TPSA) is 18.5 Å². The largest absolute Gasteiger partial charge is 0.541 e. The molecule has 0 unspecified atom stereocenters. The summed E-state index contributed by atoms with van der Waals surface area (Å²) in [6.07, 6.45) is 4.28. The van der Waals surface area contributed by atoms with Crippen molar-refractivity contribution in [1.82, 2.24) is 0 Å². The Kier molecular flexibility index (Phi) is 3.01. The molecule has 0 aliphatic heterocycles. The fraction of sp³-hybridized carbons (Fsp3) is 0.667. The summed E-state index contributed by atoms with van der Waals surface area (Å²) in [5.74, 6) is 1.80. The van der Waals surface area contributed by atoms with E-state index < -0.39 is 0 Å². The van der Waals surface area contributed by atoms with Crippen LogP contribution in [0.1, 0.15) is 25.7 Å². The van der Waals surface area contributed by atoms with Gasteiger partial charge in [0.1, 0.15) is 11.5 Å². The van der Waals surface area contributed by atoms with Gasteiger partial charge in [0.25, 0.3) is 0 Å². The third kappa shape index (κ3) is 1.63. The number of hydrogen-bond acceptors (Lipinski definition) is 2. The van der Waals surface area contributed by atoms with E-state index in [0.29, 0.717) is 0 Å². The second-order valence-electron chi connectivity index (χ2n) is 2.26. The first-order chi connectivity index (χ1) is 4.88. The lowest BCUT2D eigenvalue weighted by atomic mass is 10.1. The Morgan fingerprint density at radius 1 is 0.900 bits per heavy atom. The summed E-state index contributed by atoms with van der Waals surface area (Å²) in [4.78, 5) is 0. The lowest BCUT2D eigenvalue weighted by Gasteiger charge is -2.17. The summed E-state index contributed by atoms with van der Waals surface area (Å²) in [6.45, 7) is 0. The lowest BCUT2D eigenvalue weighted by molar-refractivity contribution is 0.324. The maximum atomic E-state index is 4.92. The van der Waals surface area contributed by atoms with Crippen LogP contribution in [0.3, 0.4) is 0 Å². The molecule has 0 aromatic heterocycles. The summed E-state index contributed by atoms with van der Waals surface area (Å²) >= 11 is 0. The summed E-state index contributed by atoms with van der Waals surface area (Å²) in [7, 11) is 5.96. The van der Waals surface area contributed by atoms with E-state index in [0.717, 1.165) is 24.4 Å². The van der Waals surface area contributed by atoms with Crippen LogP contribution in [0.15, 0.2) is 11.5 Å². The highest BCUT2D eigenvalue weighted by molar-refractivity contribution is 5.99. The fourth-order valence-corrected chi connectivity index (χ4v) is 1.50. The van der Waals surface area contributed by atoms with E-state index in [1.165, 1.54) is 12.8 Å². The summed E-state index contributed by atoms with van der Waals surface area (Å²) in [6, 6.07) is 0. The number of rotatable bonds is 2. The molecule has 0 atom stereocenters. The summed E-state index contributed by atoms with van der Waals surface area (Å²) in [5, 5.41) is 0. The van der Waals surface area contributed by atoms with Crippen molar-refractivity contribution in [3.8, 4) is 0 Å². The van der Waals surface area contributed by atoms with Gasteiger partial charge in [0.05, 0.1) is 0 Å². The molecule has 0 aromatic carbocycles. The van der Waals surface area contributed by atoms with Gasteiger partial charge in [-0.15, -0.1) is 0 Å². The molecule has 4 heteroatoms. The van der Waals surface area contributed by atoms with Gasteiger partial charge in [-0.2, -0.15) is 0 Å². The monoisotopic (exact) mass is 168 g/mol. The molecule has 1 aliphatic rings. The normalized spacial score (nSPS) is 19.0. The van der Waals surface area contributed by atoms with Gasteiger partial charge in [0.2, 0.25) is 0 Å².